The van der Waals surface area contributed by atoms with Crippen LogP contribution in [-0.2, 0) is 4.79 Å². The summed E-state index contributed by atoms with van der Waals surface area (Å²) >= 11 is 0. The molecule has 0 aromatic heterocycles. The zero-order chi connectivity index (χ0) is 13.4. The number of likely N-dealkylation sites (N-methyl/N-ethyl adjacent to an activating group) is 1. The quantitative estimate of drug-likeness (QED) is 0.684. The first-order valence-electron chi connectivity index (χ1n) is 7.75. The fraction of sp³-hybridized carbons (Fsp3) is 0.812. The first-order valence-corrected chi connectivity index (χ1v) is 7.75. The smallest absolute Gasteiger partial charge is 0.225 e. The molecule has 106 valence electrons. The highest BCUT2D eigenvalue weighted by molar-refractivity contribution is 5.81. The van der Waals surface area contributed by atoms with E-state index in [4.69, 9.17) is 0 Å². The Kier molecular flexibility index (Phi) is 3.66. The Morgan fingerprint density at radius 1 is 1.16 bits per heavy atom. The minimum Gasteiger partial charge on any atom is -0.341 e. The topological polar surface area (TPSA) is 23.6 Å². The third kappa shape index (κ3) is 3.02. The van der Waals surface area contributed by atoms with Crippen molar-refractivity contribution in [3.63, 3.8) is 0 Å². The molecule has 1 amide bonds. The molecule has 3 rings (SSSR count). The Balaban J connectivity index is 1.58. The van der Waals surface area contributed by atoms with Crippen LogP contribution in [0.25, 0.3) is 0 Å². The molecule has 3 unspecified atom stereocenters. The highest BCUT2D eigenvalue weighted by Crippen LogP contribution is 2.44. The van der Waals surface area contributed by atoms with Gasteiger partial charge in [0.1, 0.15) is 0 Å². The molecule has 2 fully saturated rings. The van der Waals surface area contributed by atoms with E-state index >= 15 is 0 Å². The van der Waals surface area contributed by atoms with Crippen molar-refractivity contribution in [2.75, 3.05) is 33.7 Å². The van der Waals surface area contributed by atoms with Crippen LogP contribution in [0, 0.1) is 23.7 Å². The number of rotatable bonds is 6. The van der Waals surface area contributed by atoms with Crippen molar-refractivity contribution in [3.8, 4) is 0 Å². The van der Waals surface area contributed by atoms with E-state index in [1.165, 1.54) is 12.8 Å². The van der Waals surface area contributed by atoms with Gasteiger partial charge >= 0.3 is 0 Å². The molecule has 0 spiro atoms. The van der Waals surface area contributed by atoms with Gasteiger partial charge in [-0.3, -0.25) is 4.79 Å². The van der Waals surface area contributed by atoms with Crippen LogP contribution in [-0.4, -0.2) is 49.4 Å². The number of fused-ring (bicyclic) bond motifs is 2. The molecule has 3 aliphatic rings. The summed E-state index contributed by atoms with van der Waals surface area (Å²) in [5.41, 5.74) is 0. The van der Waals surface area contributed by atoms with Crippen LogP contribution in [0.1, 0.15) is 25.7 Å². The van der Waals surface area contributed by atoms with E-state index in [1.807, 2.05) is 0 Å². The molecular formula is C16H26N2O. The van der Waals surface area contributed by atoms with Crippen molar-refractivity contribution in [3.05, 3.63) is 12.2 Å². The third-order valence-electron chi connectivity index (χ3n) is 4.93. The fourth-order valence-electron chi connectivity index (χ4n) is 3.59. The van der Waals surface area contributed by atoms with Gasteiger partial charge in [-0.15, -0.1) is 0 Å². The van der Waals surface area contributed by atoms with E-state index in [0.717, 1.165) is 50.2 Å². The molecule has 0 radical (unpaired) electrons. The van der Waals surface area contributed by atoms with Gasteiger partial charge in [0.25, 0.3) is 0 Å². The van der Waals surface area contributed by atoms with E-state index in [9.17, 15) is 4.79 Å². The van der Waals surface area contributed by atoms with Crippen LogP contribution in [0.15, 0.2) is 12.2 Å². The van der Waals surface area contributed by atoms with E-state index in [2.05, 4.69) is 36.0 Å². The maximum atomic E-state index is 12.4. The molecule has 0 saturated heterocycles. The van der Waals surface area contributed by atoms with Crippen molar-refractivity contribution in [1.29, 1.82) is 0 Å². The van der Waals surface area contributed by atoms with Gasteiger partial charge in [-0.2, -0.15) is 0 Å². The van der Waals surface area contributed by atoms with Gasteiger partial charge in [-0.25, -0.2) is 0 Å². The highest BCUT2D eigenvalue weighted by Gasteiger charge is 2.39. The van der Waals surface area contributed by atoms with Crippen molar-refractivity contribution < 1.29 is 4.79 Å². The summed E-state index contributed by atoms with van der Waals surface area (Å²) in [5, 5.41) is 0. The summed E-state index contributed by atoms with van der Waals surface area (Å²) in [6.45, 7) is 2.88. The van der Waals surface area contributed by atoms with Crippen LogP contribution in [0.5, 0.6) is 0 Å². The number of amides is 1. The second-order valence-corrected chi connectivity index (χ2v) is 6.90. The second kappa shape index (κ2) is 5.28. The number of carbonyl (C=O) groups is 1. The average molecular weight is 262 g/mol. The number of nitrogens with zero attached hydrogens (tertiary/aromatic N) is 2. The van der Waals surface area contributed by atoms with E-state index < -0.39 is 0 Å². The molecule has 2 bridgehead atoms. The van der Waals surface area contributed by atoms with Crippen LogP contribution in [0.3, 0.4) is 0 Å². The van der Waals surface area contributed by atoms with Crippen molar-refractivity contribution in [1.82, 2.24) is 9.80 Å². The van der Waals surface area contributed by atoms with Crippen LogP contribution < -0.4 is 0 Å². The largest absolute Gasteiger partial charge is 0.341 e. The lowest BCUT2D eigenvalue weighted by Gasteiger charge is -2.29. The lowest BCUT2D eigenvalue weighted by molar-refractivity contribution is -0.133. The van der Waals surface area contributed by atoms with Crippen LogP contribution >= 0.6 is 0 Å². The Labute approximate surface area is 116 Å². The van der Waals surface area contributed by atoms with Crippen molar-refractivity contribution in [2.45, 2.75) is 25.7 Å². The Morgan fingerprint density at radius 3 is 2.47 bits per heavy atom. The highest BCUT2D eigenvalue weighted by atomic mass is 16.2. The SMILES string of the molecule is CN(C)CCN(CC1CC2C=CC1C2)C(=O)C1CC1. The zero-order valence-electron chi connectivity index (χ0n) is 12.2. The van der Waals surface area contributed by atoms with E-state index in [-0.39, 0.29) is 0 Å². The molecule has 19 heavy (non-hydrogen) atoms. The monoisotopic (exact) mass is 262 g/mol. The summed E-state index contributed by atoms with van der Waals surface area (Å²) < 4.78 is 0. The Hall–Kier alpha value is -0.830. The van der Waals surface area contributed by atoms with Gasteiger partial charge in [-0.1, -0.05) is 12.2 Å². The summed E-state index contributed by atoms with van der Waals surface area (Å²) in [6, 6.07) is 0. The lowest BCUT2D eigenvalue weighted by atomic mass is 9.93. The van der Waals surface area contributed by atoms with E-state index in [0.29, 0.717) is 11.8 Å². The van der Waals surface area contributed by atoms with Crippen molar-refractivity contribution >= 4 is 5.91 Å². The number of carbonyl (C=O) groups excluding carboxylic acids is 1. The minimum absolute atomic E-state index is 0.358. The first-order chi connectivity index (χ1) is 9.13. The lowest BCUT2D eigenvalue weighted by Crippen LogP contribution is -2.41. The summed E-state index contributed by atoms with van der Waals surface area (Å²) in [6.07, 6.45) is 9.65. The summed E-state index contributed by atoms with van der Waals surface area (Å²) in [4.78, 5) is 16.7. The molecule has 3 atom stereocenters. The maximum absolute atomic E-state index is 12.4. The zero-order valence-corrected chi connectivity index (χ0v) is 12.2. The minimum atomic E-state index is 0.358. The first kappa shape index (κ1) is 13.2. The molecule has 2 saturated carbocycles. The molecule has 0 aromatic carbocycles. The van der Waals surface area contributed by atoms with Gasteiger partial charge in [0.2, 0.25) is 5.91 Å². The molecule has 3 heteroatoms. The predicted octanol–water partition coefficient (Wildman–Crippen LogP) is 2.00. The number of hydrogen-bond acceptors (Lipinski definition) is 2. The molecule has 3 aliphatic carbocycles. The Bertz CT molecular complexity index is 373. The summed E-state index contributed by atoms with van der Waals surface area (Å²) in [7, 11) is 4.17. The normalized spacial score (nSPS) is 32.3. The van der Waals surface area contributed by atoms with Gasteiger partial charge in [0.15, 0.2) is 0 Å². The third-order valence-corrected chi connectivity index (χ3v) is 4.93. The van der Waals surface area contributed by atoms with Gasteiger partial charge in [0, 0.05) is 25.6 Å². The van der Waals surface area contributed by atoms with Gasteiger partial charge < -0.3 is 9.80 Å². The molecular weight excluding hydrogens is 236 g/mol. The number of allylic oxidation sites excluding steroid dienone is 2. The second-order valence-electron chi connectivity index (χ2n) is 6.90. The standard InChI is InChI=1S/C16H26N2O/c1-17(2)7-8-18(16(19)13-5-6-13)11-15-10-12-3-4-14(15)9-12/h3-4,12-15H,5-11H2,1-2H3. The maximum Gasteiger partial charge on any atom is 0.225 e. The molecule has 0 heterocycles. The van der Waals surface area contributed by atoms with Gasteiger partial charge in [0.05, 0.1) is 0 Å². The van der Waals surface area contributed by atoms with E-state index in [1.54, 1.807) is 0 Å². The molecule has 0 aromatic rings. The fourth-order valence-corrected chi connectivity index (χ4v) is 3.59. The molecule has 0 N–H and O–H groups in total. The molecule has 3 nitrogen and oxygen atoms in total. The van der Waals surface area contributed by atoms with Crippen LogP contribution in [0.2, 0.25) is 0 Å². The van der Waals surface area contributed by atoms with Gasteiger partial charge in [-0.05, 0) is 57.5 Å². The summed E-state index contributed by atoms with van der Waals surface area (Å²) in [5.74, 6) is 3.06. The average Bonchev–Trinajstić information content (AvgIpc) is 3.03. The predicted molar refractivity (Wildman–Crippen MR) is 76.7 cm³/mol. The van der Waals surface area contributed by atoms with Crippen molar-refractivity contribution in [2.24, 2.45) is 23.7 Å². The number of hydrogen-bond donors (Lipinski definition) is 0. The van der Waals surface area contributed by atoms with Crippen LogP contribution in [0.4, 0.5) is 0 Å². The molecule has 0 aliphatic heterocycles. The Morgan fingerprint density at radius 2 is 1.95 bits per heavy atom.